The summed E-state index contributed by atoms with van der Waals surface area (Å²) in [5, 5.41) is 2.67. The molecule has 1 saturated carbocycles. The molecule has 0 radical (unpaired) electrons. The summed E-state index contributed by atoms with van der Waals surface area (Å²) in [6.45, 7) is 1.62. The number of thiophene rings is 1. The van der Waals surface area contributed by atoms with Crippen LogP contribution in [0.1, 0.15) is 50.9 Å². The standard InChI is InChI=1S/C20H22N2O5S/c1-3-26-18(24)14-13(15(17(23)22-2)28-16(14)21)11-27-19(25)20(9-10-20)12-7-5-4-6-8-12/h4-8H,3,9-11,21H2,1-2H3,(H,22,23). The lowest BCUT2D eigenvalue weighted by Gasteiger charge is -2.15. The number of benzene rings is 1. The lowest BCUT2D eigenvalue weighted by molar-refractivity contribution is -0.148. The maximum Gasteiger partial charge on any atom is 0.341 e. The zero-order valence-electron chi connectivity index (χ0n) is 15.7. The van der Waals surface area contributed by atoms with Crippen LogP contribution in [0.4, 0.5) is 5.00 Å². The number of ether oxygens (including phenoxy) is 2. The smallest absolute Gasteiger partial charge is 0.341 e. The first kappa shape index (κ1) is 19.9. The van der Waals surface area contributed by atoms with Gasteiger partial charge in [0.15, 0.2) is 0 Å². The molecule has 1 aliphatic carbocycles. The fraction of sp³-hybridized carbons (Fsp3) is 0.350. The van der Waals surface area contributed by atoms with Gasteiger partial charge in [-0.3, -0.25) is 9.59 Å². The van der Waals surface area contributed by atoms with E-state index in [9.17, 15) is 14.4 Å². The van der Waals surface area contributed by atoms with Crippen molar-refractivity contribution < 1.29 is 23.9 Å². The Morgan fingerprint density at radius 1 is 1.18 bits per heavy atom. The predicted octanol–water partition coefficient (Wildman–Crippen LogP) is 2.64. The van der Waals surface area contributed by atoms with Crippen LogP contribution in [-0.2, 0) is 26.3 Å². The molecule has 7 nitrogen and oxygen atoms in total. The predicted molar refractivity (Wildman–Crippen MR) is 105 cm³/mol. The summed E-state index contributed by atoms with van der Waals surface area (Å²) >= 11 is 0.973. The van der Waals surface area contributed by atoms with E-state index in [0.717, 1.165) is 16.9 Å². The summed E-state index contributed by atoms with van der Waals surface area (Å²) in [5.74, 6) is -1.41. The van der Waals surface area contributed by atoms with Gasteiger partial charge in [0.1, 0.15) is 22.0 Å². The van der Waals surface area contributed by atoms with E-state index in [0.29, 0.717) is 12.8 Å². The zero-order chi connectivity index (χ0) is 20.3. The van der Waals surface area contributed by atoms with Gasteiger partial charge in [-0.25, -0.2) is 4.79 Å². The third-order valence-electron chi connectivity index (χ3n) is 4.76. The molecular weight excluding hydrogens is 380 g/mol. The Bertz CT molecular complexity index is 903. The molecule has 3 N–H and O–H groups in total. The number of anilines is 1. The molecule has 0 unspecified atom stereocenters. The highest BCUT2D eigenvalue weighted by Gasteiger charge is 2.52. The summed E-state index contributed by atoms with van der Waals surface area (Å²) < 4.78 is 10.6. The Morgan fingerprint density at radius 2 is 1.86 bits per heavy atom. The van der Waals surface area contributed by atoms with Crippen LogP contribution in [0, 0.1) is 0 Å². The molecule has 1 fully saturated rings. The van der Waals surface area contributed by atoms with Crippen molar-refractivity contribution in [3.63, 3.8) is 0 Å². The lowest BCUT2D eigenvalue weighted by atomic mass is 9.96. The number of carbonyl (C=O) groups is 3. The highest BCUT2D eigenvalue weighted by molar-refractivity contribution is 7.18. The van der Waals surface area contributed by atoms with Gasteiger partial charge in [0.05, 0.1) is 12.0 Å². The molecule has 1 aromatic carbocycles. The summed E-state index contributed by atoms with van der Waals surface area (Å²) in [6, 6.07) is 9.45. The van der Waals surface area contributed by atoms with Crippen LogP contribution in [0.3, 0.4) is 0 Å². The van der Waals surface area contributed by atoms with Crippen molar-refractivity contribution in [2.75, 3.05) is 19.4 Å². The molecule has 0 saturated heterocycles. The van der Waals surface area contributed by atoms with Crippen LogP contribution in [0.5, 0.6) is 0 Å². The SMILES string of the molecule is CCOC(=O)c1c(N)sc(C(=O)NC)c1COC(=O)C1(c2ccccc2)CC1. The summed E-state index contributed by atoms with van der Waals surface area (Å²) in [5.41, 5.74) is 6.57. The molecule has 1 aromatic heterocycles. The van der Waals surface area contributed by atoms with Gasteiger partial charge in [0, 0.05) is 12.6 Å². The number of esters is 2. The van der Waals surface area contributed by atoms with Crippen molar-refractivity contribution >= 4 is 34.2 Å². The molecule has 8 heteroatoms. The largest absolute Gasteiger partial charge is 0.462 e. The normalized spacial score (nSPS) is 14.2. The van der Waals surface area contributed by atoms with Crippen molar-refractivity contribution in [1.82, 2.24) is 5.32 Å². The van der Waals surface area contributed by atoms with Crippen LogP contribution in [0.2, 0.25) is 0 Å². The minimum Gasteiger partial charge on any atom is -0.462 e. The molecule has 1 amide bonds. The van der Waals surface area contributed by atoms with Crippen LogP contribution < -0.4 is 11.1 Å². The Balaban J connectivity index is 1.86. The first-order chi connectivity index (χ1) is 13.4. The molecule has 148 valence electrons. The van der Waals surface area contributed by atoms with Gasteiger partial charge in [-0.05, 0) is 25.3 Å². The Morgan fingerprint density at radius 3 is 2.43 bits per heavy atom. The Labute approximate surface area is 166 Å². The molecular formula is C20H22N2O5S. The zero-order valence-corrected chi connectivity index (χ0v) is 16.6. The number of nitrogen functional groups attached to an aromatic ring is 1. The van der Waals surface area contributed by atoms with Gasteiger partial charge in [-0.2, -0.15) is 0 Å². The summed E-state index contributed by atoms with van der Waals surface area (Å²) in [4.78, 5) is 37.6. The van der Waals surface area contributed by atoms with E-state index in [4.69, 9.17) is 15.2 Å². The van der Waals surface area contributed by atoms with Crippen molar-refractivity contribution in [2.45, 2.75) is 31.8 Å². The topological polar surface area (TPSA) is 108 Å². The Hall–Kier alpha value is -2.87. The third-order valence-corrected chi connectivity index (χ3v) is 5.82. The van der Waals surface area contributed by atoms with E-state index in [1.165, 1.54) is 7.05 Å². The summed E-state index contributed by atoms with van der Waals surface area (Å²) in [7, 11) is 1.48. The van der Waals surface area contributed by atoms with Crippen molar-refractivity contribution in [2.24, 2.45) is 0 Å². The monoisotopic (exact) mass is 402 g/mol. The van der Waals surface area contributed by atoms with E-state index >= 15 is 0 Å². The molecule has 0 spiro atoms. The van der Waals surface area contributed by atoms with E-state index in [2.05, 4.69) is 5.32 Å². The molecule has 0 atom stereocenters. The first-order valence-electron chi connectivity index (χ1n) is 8.97. The van der Waals surface area contributed by atoms with Crippen LogP contribution >= 0.6 is 11.3 Å². The number of nitrogens with two attached hydrogens (primary N) is 1. The third kappa shape index (κ3) is 3.60. The number of hydrogen-bond donors (Lipinski definition) is 2. The first-order valence-corrected chi connectivity index (χ1v) is 9.79. The average molecular weight is 402 g/mol. The maximum atomic E-state index is 12.8. The molecule has 0 aliphatic heterocycles. The van der Waals surface area contributed by atoms with E-state index in [-0.39, 0.29) is 40.2 Å². The van der Waals surface area contributed by atoms with E-state index in [1.807, 2.05) is 30.3 Å². The number of carbonyl (C=O) groups excluding carboxylic acids is 3. The van der Waals surface area contributed by atoms with Crippen LogP contribution in [0.25, 0.3) is 0 Å². The second kappa shape index (κ2) is 8.02. The second-order valence-electron chi connectivity index (χ2n) is 6.47. The second-order valence-corrected chi connectivity index (χ2v) is 7.53. The summed E-state index contributed by atoms with van der Waals surface area (Å²) in [6.07, 6.45) is 1.41. The van der Waals surface area contributed by atoms with Gasteiger partial charge in [-0.15, -0.1) is 11.3 Å². The van der Waals surface area contributed by atoms with Gasteiger partial charge in [0.2, 0.25) is 0 Å². The fourth-order valence-corrected chi connectivity index (χ4v) is 4.12. The molecule has 1 aliphatic rings. The number of nitrogens with one attached hydrogen (secondary N) is 1. The highest BCUT2D eigenvalue weighted by Crippen LogP contribution is 2.49. The fourth-order valence-electron chi connectivity index (χ4n) is 3.12. The minimum absolute atomic E-state index is 0.0859. The van der Waals surface area contributed by atoms with E-state index < -0.39 is 17.3 Å². The quantitative estimate of drug-likeness (QED) is 0.690. The van der Waals surface area contributed by atoms with Crippen molar-refractivity contribution in [3.05, 3.63) is 51.9 Å². The number of amides is 1. The Kier molecular flexibility index (Phi) is 5.69. The lowest BCUT2D eigenvalue weighted by Crippen LogP contribution is -2.24. The minimum atomic E-state index is -0.653. The van der Waals surface area contributed by atoms with Crippen molar-refractivity contribution in [1.29, 1.82) is 0 Å². The molecule has 3 rings (SSSR count). The average Bonchev–Trinajstić information content (AvgIpc) is 3.45. The van der Waals surface area contributed by atoms with Crippen LogP contribution in [0.15, 0.2) is 30.3 Å². The van der Waals surface area contributed by atoms with E-state index in [1.54, 1.807) is 6.92 Å². The molecule has 0 bridgehead atoms. The van der Waals surface area contributed by atoms with Gasteiger partial charge in [-0.1, -0.05) is 30.3 Å². The van der Waals surface area contributed by atoms with Gasteiger partial charge >= 0.3 is 11.9 Å². The maximum absolute atomic E-state index is 12.8. The molecule has 2 aromatic rings. The molecule has 28 heavy (non-hydrogen) atoms. The van der Waals surface area contributed by atoms with Crippen molar-refractivity contribution in [3.8, 4) is 0 Å². The number of hydrogen-bond acceptors (Lipinski definition) is 7. The highest BCUT2D eigenvalue weighted by atomic mass is 32.1. The molecule has 1 heterocycles. The van der Waals surface area contributed by atoms with Gasteiger partial charge < -0.3 is 20.5 Å². The number of rotatable bonds is 7. The van der Waals surface area contributed by atoms with Crippen LogP contribution in [-0.4, -0.2) is 31.5 Å². The van der Waals surface area contributed by atoms with Gasteiger partial charge in [0.25, 0.3) is 5.91 Å².